The van der Waals surface area contributed by atoms with Gasteiger partial charge in [-0.3, -0.25) is 4.79 Å². The molecule has 0 heterocycles. The second-order valence-corrected chi connectivity index (χ2v) is 5.91. The first kappa shape index (κ1) is 17.6. The van der Waals surface area contributed by atoms with E-state index in [9.17, 15) is 4.79 Å². The van der Waals surface area contributed by atoms with Crippen molar-refractivity contribution in [2.75, 3.05) is 26.8 Å². The van der Waals surface area contributed by atoms with Crippen LogP contribution in [0.5, 0.6) is 0 Å². The van der Waals surface area contributed by atoms with Crippen molar-refractivity contribution in [2.24, 2.45) is 0 Å². The van der Waals surface area contributed by atoms with E-state index in [1.165, 1.54) is 17.3 Å². The van der Waals surface area contributed by atoms with Crippen LogP contribution in [-0.4, -0.2) is 38.0 Å². The Labute approximate surface area is 131 Å². The molecule has 1 atom stereocenters. The Morgan fingerprint density at radius 1 is 1.43 bits per heavy atom. The molecule has 1 unspecified atom stereocenters. The Bertz CT molecular complexity index is 468. The van der Waals surface area contributed by atoms with Gasteiger partial charge in [-0.25, -0.2) is 0 Å². The van der Waals surface area contributed by atoms with Crippen molar-refractivity contribution in [1.29, 1.82) is 0 Å². The van der Waals surface area contributed by atoms with Crippen LogP contribution in [0, 0.1) is 12.3 Å². The molecule has 0 aliphatic carbocycles. The van der Waals surface area contributed by atoms with Crippen molar-refractivity contribution in [3.8, 4) is 12.3 Å². The molecule has 5 heteroatoms. The van der Waals surface area contributed by atoms with Crippen LogP contribution in [0.4, 0.5) is 0 Å². The molecule has 0 radical (unpaired) electrons. The van der Waals surface area contributed by atoms with Gasteiger partial charge in [-0.05, 0) is 24.6 Å². The quantitative estimate of drug-likeness (QED) is 0.414. The van der Waals surface area contributed by atoms with E-state index in [1.54, 1.807) is 7.11 Å². The van der Waals surface area contributed by atoms with Crippen LogP contribution < -0.4 is 10.6 Å². The lowest BCUT2D eigenvalue weighted by Gasteiger charge is -2.11. The number of terminal acetylenes is 1. The maximum Gasteiger partial charge on any atom is 0.233 e. The molecule has 0 saturated heterocycles. The van der Waals surface area contributed by atoms with Gasteiger partial charge >= 0.3 is 0 Å². The number of ether oxygens (including phenoxy) is 1. The Balaban J connectivity index is 2.40. The van der Waals surface area contributed by atoms with Crippen LogP contribution in [0.25, 0.3) is 0 Å². The largest absolute Gasteiger partial charge is 0.383 e. The molecule has 0 fully saturated rings. The van der Waals surface area contributed by atoms with Crippen LogP contribution >= 0.6 is 11.8 Å². The number of rotatable bonds is 9. The zero-order chi connectivity index (χ0) is 15.5. The van der Waals surface area contributed by atoms with Crippen LogP contribution in [0.1, 0.15) is 12.5 Å². The Morgan fingerprint density at radius 2 is 2.14 bits per heavy atom. The zero-order valence-corrected chi connectivity index (χ0v) is 13.3. The molecule has 1 rings (SSSR count). The first-order valence-corrected chi connectivity index (χ1v) is 7.71. The van der Waals surface area contributed by atoms with Crippen molar-refractivity contribution in [1.82, 2.24) is 10.6 Å². The number of amides is 1. The van der Waals surface area contributed by atoms with Gasteiger partial charge in [0.1, 0.15) is 0 Å². The number of carbonyl (C=O) groups is 1. The molecule has 0 aromatic heterocycles. The number of carbonyl (C=O) groups excluding carboxylic acids is 1. The number of benzene rings is 1. The minimum Gasteiger partial charge on any atom is -0.383 e. The third-order valence-corrected chi connectivity index (χ3v) is 3.89. The molecular formula is C16H22N2O2S. The number of hydrogen-bond acceptors (Lipinski definition) is 4. The van der Waals surface area contributed by atoms with Crippen molar-refractivity contribution in [3.05, 3.63) is 29.8 Å². The third kappa shape index (κ3) is 7.19. The van der Waals surface area contributed by atoms with E-state index in [4.69, 9.17) is 11.2 Å². The highest BCUT2D eigenvalue weighted by Crippen LogP contribution is 2.23. The summed E-state index contributed by atoms with van der Waals surface area (Å²) in [5.41, 5.74) is 1.21. The molecule has 114 valence electrons. The molecule has 21 heavy (non-hydrogen) atoms. The first-order chi connectivity index (χ1) is 10.2. The summed E-state index contributed by atoms with van der Waals surface area (Å²) in [4.78, 5) is 12.8. The summed E-state index contributed by atoms with van der Waals surface area (Å²) in [5, 5.41) is 5.81. The fourth-order valence-electron chi connectivity index (χ4n) is 1.63. The molecule has 2 N–H and O–H groups in total. The van der Waals surface area contributed by atoms with E-state index in [2.05, 4.69) is 28.7 Å². The molecule has 1 aromatic rings. The molecule has 0 aliphatic rings. The lowest BCUT2D eigenvalue weighted by Crippen LogP contribution is -2.31. The van der Waals surface area contributed by atoms with Crippen molar-refractivity contribution in [3.63, 3.8) is 0 Å². The standard InChI is InChI=1S/C16H22N2O2S/c1-4-9-18-16(19)13(2)21-15-7-5-14(6-8-15)12-17-10-11-20-3/h1,5-8,13,17H,9-12H2,2-3H3,(H,18,19). The Morgan fingerprint density at radius 3 is 2.76 bits per heavy atom. The predicted octanol–water partition coefficient (Wildman–Crippen LogP) is 1.65. The summed E-state index contributed by atoms with van der Waals surface area (Å²) >= 11 is 1.52. The minimum atomic E-state index is -0.163. The van der Waals surface area contributed by atoms with E-state index in [0.717, 1.165) is 18.0 Å². The summed E-state index contributed by atoms with van der Waals surface area (Å²) in [7, 11) is 1.69. The lowest BCUT2D eigenvalue weighted by molar-refractivity contribution is -0.120. The summed E-state index contributed by atoms with van der Waals surface area (Å²) in [6.07, 6.45) is 5.12. The van der Waals surface area contributed by atoms with Gasteiger partial charge in [0.25, 0.3) is 0 Å². The van der Waals surface area contributed by atoms with E-state index < -0.39 is 0 Å². The average Bonchev–Trinajstić information content (AvgIpc) is 2.50. The third-order valence-electron chi connectivity index (χ3n) is 2.78. The van der Waals surface area contributed by atoms with Gasteiger partial charge in [0.05, 0.1) is 18.4 Å². The van der Waals surface area contributed by atoms with E-state index in [-0.39, 0.29) is 17.7 Å². The SMILES string of the molecule is C#CCNC(=O)C(C)Sc1ccc(CNCCOC)cc1. The second kappa shape index (κ2) is 10.3. The Kier molecular flexibility index (Phi) is 8.60. The monoisotopic (exact) mass is 306 g/mol. The van der Waals surface area contributed by atoms with E-state index >= 15 is 0 Å². The predicted molar refractivity (Wildman–Crippen MR) is 87.2 cm³/mol. The van der Waals surface area contributed by atoms with Gasteiger partial charge in [-0.2, -0.15) is 0 Å². The van der Waals surface area contributed by atoms with Gasteiger partial charge in [0.2, 0.25) is 5.91 Å². The molecule has 1 aromatic carbocycles. The number of thioether (sulfide) groups is 1. The minimum absolute atomic E-state index is 0.0386. The van der Waals surface area contributed by atoms with Gasteiger partial charge in [-0.1, -0.05) is 18.1 Å². The molecule has 0 spiro atoms. The smallest absolute Gasteiger partial charge is 0.233 e. The highest BCUT2D eigenvalue weighted by atomic mass is 32.2. The van der Waals surface area contributed by atoms with Crippen molar-refractivity contribution >= 4 is 17.7 Å². The number of nitrogens with one attached hydrogen (secondary N) is 2. The van der Waals surface area contributed by atoms with Gasteiger partial charge in [-0.15, -0.1) is 18.2 Å². The summed E-state index contributed by atoms with van der Waals surface area (Å²) in [5.74, 6) is 2.36. The number of methoxy groups -OCH3 is 1. The van der Waals surface area contributed by atoms with Gasteiger partial charge in [0, 0.05) is 25.1 Å². The molecule has 4 nitrogen and oxygen atoms in total. The average molecular weight is 306 g/mol. The second-order valence-electron chi connectivity index (χ2n) is 4.50. The summed E-state index contributed by atoms with van der Waals surface area (Å²) in [6, 6.07) is 8.19. The van der Waals surface area contributed by atoms with Crippen molar-refractivity contribution in [2.45, 2.75) is 23.6 Å². The van der Waals surface area contributed by atoms with Crippen LogP contribution in [0.15, 0.2) is 29.2 Å². The lowest BCUT2D eigenvalue weighted by atomic mass is 10.2. The van der Waals surface area contributed by atoms with Crippen LogP contribution in [0.3, 0.4) is 0 Å². The van der Waals surface area contributed by atoms with Crippen LogP contribution in [0.2, 0.25) is 0 Å². The van der Waals surface area contributed by atoms with Crippen LogP contribution in [-0.2, 0) is 16.1 Å². The molecule has 0 bridgehead atoms. The number of hydrogen-bond donors (Lipinski definition) is 2. The molecule has 1 amide bonds. The molecule has 0 aliphatic heterocycles. The van der Waals surface area contributed by atoms with Gasteiger partial charge in [0.15, 0.2) is 0 Å². The van der Waals surface area contributed by atoms with E-state index in [1.807, 2.05) is 19.1 Å². The molecular weight excluding hydrogens is 284 g/mol. The zero-order valence-electron chi connectivity index (χ0n) is 12.5. The maximum absolute atomic E-state index is 11.7. The fraction of sp³-hybridized carbons (Fsp3) is 0.438. The van der Waals surface area contributed by atoms with E-state index in [0.29, 0.717) is 6.61 Å². The topological polar surface area (TPSA) is 50.4 Å². The van der Waals surface area contributed by atoms with Crippen molar-refractivity contribution < 1.29 is 9.53 Å². The highest BCUT2D eigenvalue weighted by Gasteiger charge is 2.13. The molecule has 0 saturated carbocycles. The highest BCUT2D eigenvalue weighted by molar-refractivity contribution is 8.00. The summed E-state index contributed by atoms with van der Waals surface area (Å²) < 4.78 is 4.98. The van der Waals surface area contributed by atoms with Gasteiger partial charge < -0.3 is 15.4 Å². The maximum atomic E-state index is 11.7. The first-order valence-electron chi connectivity index (χ1n) is 6.83. The Hall–Kier alpha value is -1.48. The fourth-order valence-corrected chi connectivity index (χ4v) is 2.52. The normalized spacial score (nSPS) is 11.7. The summed E-state index contributed by atoms with van der Waals surface area (Å²) in [6.45, 7) is 4.50.